The fraction of sp³-hybridized carbons (Fsp3) is 0.286. The lowest BCUT2D eigenvalue weighted by Crippen LogP contribution is -2.08. The fourth-order valence-corrected chi connectivity index (χ4v) is 3.98. The van der Waals surface area contributed by atoms with Crippen LogP contribution in [0.4, 0.5) is 0 Å². The highest BCUT2D eigenvalue weighted by molar-refractivity contribution is 6.04. The molecule has 1 aliphatic carbocycles. The highest BCUT2D eigenvalue weighted by atomic mass is 16.5. The van der Waals surface area contributed by atoms with Crippen LogP contribution < -0.4 is 0 Å². The van der Waals surface area contributed by atoms with E-state index in [-0.39, 0.29) is 6.04 Å². The van der Waals surface area contributed by atoms with Gasteiger partial charge in [-0.25, -0.2) is 0 Å². The van der Waals surface area contributed by atoms with Crippen LogP contribution in [0.3, 0.4) is 0 Å². The van der Waals surface area contributed by atoms with Crippen molar-refractivity contribution < 1.29 is 9.94 Å². The van der Waals surface area contributed by atoms with E-state index in [1.54, 1.807) is 12.4 Å². The predicted octanol–water partition coefficient (Wildman–Crippen LogP) is 3.70. The summed E-state index contributed by atoms with van der Waals surface area (Å²) in [5, 5.41) is 17.5. The van der Waals surface area contributed by atoms with Crippen LogP contribution in [0.15, 0.2) is 54.1 Å². The Labute approximate surface area is 157 Å². The fourth-order valence-electron chi connectivity index (χ4n) is 3.98. The lowest BCUT2D eigenvalue weighted by molar-refractivity contribution is 0.184. The summed E-state index contributed by atoms with van der Waals surface area (Å²) in [6.07, 6.45) is 8.39. The average molecular weight is 360 g/mol. The maximum Gasteiger partial charge on any atom is 0.100 e. The molecule has 1 aromatic carbocycles. The first-order valence-electron chi connectivity index (χ1n) is 9.25. The molecule has 0 radical (unpaired) electrons. The van der Waals surface area contributed by atoms with Gasteiger partial charge >= 0.3 is 0 Å². The van der Waals surface area contributed by atoms with Gasteiger partial charge in [0.15, 0.2) is 0 Å². The lowest BCUT2D eigenvalue weighted by atomic mass is 9.98. The summed E-state index contributed by atoms with van der Waals surface area (Å²) in [5.41, 5.74) is 7.27. The van der Waals surface area contributed by atoms with Crippen LogP contribution in [-0.2, 0) is 11.2 Å². The number of ether oxygens (including phenoxy) is 1. The minimum atomic E-state index is 0.280. The monoisotopic (exact) mass is 360 g/mol. The van der Waals surface area contributed by atoms with Gasteiger partial charge in [-0.1, -0.05) is 23.4 Å². The van der Waals surface area contributed by atoms with Crippen molar-refractivity contribution >= 4 is 5.71 Å². The number of benzene rings is 1. The number of pyridine rings is 1. The van der Waals surface area contributed by atoms with Gasteiger partial charge in [0.05, 0.1) is 18.4 Å². The quantitative estimate of drug-likeness (QED) is 0.571. The zero-order valence-electron chi connectivity index (χ0n) is 14.9. The third kappa shape index (κ3) is 2.82. The smallest absolute Gasteiger partial charge is 0.100 e. The summed E-state index contributed by atoms with van der Waals surface area (Å²) in [5.74, 6) is 0. The molecule has 3 aromatic rings. The molecule has 5 rings (SSSR count). The second-order valence-electron chi connectivity index (χ2n) is 7.04. The number of nitrogens with zero attached hydrogens (tertiary/aromatic N) is 4. The SMILES string of the molecule is ON=C1CCc2cc(-c3cn([C@@H]4CCOC4)nc3-c3ccncc3)ccc21. The number of aryl methyl sites for hydroxylation is 1. The predicted molar refractivity (Wildman–Crippen MR) is 102 cm³/mol. The lowest BCUT2D eigenvalue weighted by Gasteiger charge is -2.07. The number of aromatic nitrogens is 3. The number of hydrogen-bond acceptors (Lipinski definition) is 5. The number of fused-ring (bicyclic) bond motifs is 1. The highest BCUT2D eigenvalue weighted by Gasteiger charge is 2.23. The Balaban J connectivity index is 1.63. The molecular weight excluding hydrogens is 340 g/mol. The molecule has 1 atom stereocenters. The summed E-state index contributed by atoms with van der Waals surface area (Å²) >= 11 is 0. The molecule has 6 nitrogen and oxygen atoms in total. The van der Waals surface area contributed by atoms with Gasteiger partial charge in [0.25, 0.3) is 0 Å². The maximum absolute atomic E-state index is 9.17. The molecule has 1 saturated heterocycles. The van der Waals surface area contributed by atoms with E-state index in [2.05, 4.69) is 34.5 Å². The molecule has 0 bridgehead atoms. The third-order valence-electron chi connectivity index (χ3n) is 5.44. The normalized spacial score (nSPS) is 20.3. The van der Waals surface area contributed by atoms with Gasteiger partial charge in [-0.05, 0) is 42.5 Å². The van der Waals surface area contributed by atoms with Gasteiger partial charge in [-0.3, -0.25) is 9.67 Å². The van der Waals surface area contributed by atoms with Crippen LogP contribution in [-0.4, -0.2) is 38.9 Å². The average Bonchev–Trinajstić information content (AvgIpc) is 3.46. The summed E-state index contributed by atoms with van der Waals surface area (Å²) < 4.78 is 7.60. The summed E-state index contributed by atoms with van der Waals surface area (Å²) in [6, 6.07) is 10.6. The van der Waals surface area contributed by atoms with Gasteiger partial charge < -0.3 is 9.94 Å². The zero-order valence-corrected chi connectivity index (χ0v) is 14.9. The van der Waals surface area contributed by atoms with E-state index >= 15 is 0 Å². The number of rotatable bonds is 3. The van der Waals surface area contributed by atoms with Crippen LogP contribution in [0.5, 0.6) is 0 Å². The van der Waals surface area contributed by atoms with Crippen LogP contribution >= 0.6 is 0 Å². The van der Waals surface area contributed by atoms with Gasteiger partial charge in [-0.2, -0.15) is 5.10 Å². The third-order valence-corrected chi connectivity index (χ3v) is 5.44. The Morgan fingerprint density at radius 3 is 2.74 bits per heavy atom. The number of hydrogen-bond donors (Lipinski definition) is 1. The van der Waals surface area contributed by atoms with Crippen molar-refractivity contribution in [3.63, 3.8) is 0 Å². The second-order valence-corrected chi connectivity index (χ2v) is 7.04. The molecule has 136 valence electrons. The standard InChI is InChI=1S/C21H20N4O2/c26-24-20-4-2-15-11-16(1-3-18(15)20)19-12-25(17-7-10-27-13-17)23-21(19)14-5-8-22-9-6-14/h1,3,5-6,8-9,11-12,17,26H,2,4,7,10,13H2/t17-/m1/s1. The van der Waals surface area contributed by atoms with Crippen molar-refractivity contribution in [2.75, 3.05) is 13.2 Å². The summed E-state index contributed by atoms with van der Waals surface area (Å²) in [7, 11) is 0. The van der Waals surface area contributed by atoms with E-state index in [0.29, 0.717) is 6.61 Å². The summed E-state index contributed by atoms with van der Waals surface area (Å²) in [4.78, 5) is 4.13. The molecule has 1 N–H and O–H groups in total. The highest BCUT2D eigenvalue weighted by Crippen LogP contribution is 2.35. The van der Waals surface area contributed by atoms with Crippen LogP contribution in [0.1, 0.15) is 30.0 Å². The first-order chi connectivity index (χ1) is 13.3. The van der Waals surface area contributed by atoms with E-state index in [1.165, 1.54) is 5.56 Å². The molecule has 6 heteroatoms. The molecule has 2 aromatic heterocycles. The Bertz CT molecular complexity index is 1000. The Kier molecular flexibility index (Phi) is 3.98. The molecule has 0 unspecified atom stereocenters. The van der Waals surface area contributed by atoms with E-state index in [9.17, 15) is 5.21 Å². The Morgan fingerprint density at radius 1 is 1.07 bits per heavy atom. The molecule has 3 heterocycles. The van der Waals surface area contributed by atoms with E-state index in [1.807, 2.05) is 16.8 Å². The van der Waals surface area contributed by atoms with Crippen molar-refractivity contribution in [3.05, 3.63) is 60.0 Å². The van der Waals surface area contributed by atoms with Crippen LogP contribution in [0, 0.1) is 0 Å². The first kappa shape index (κ1) is 16.2. The Hall–Kier alpha value is -2.99. The van der Waals surface area contributed by atoms with Gasteiger partial charge in [0.1, 0.15) is 5.69 Å². The minimum absolute atomic E-state index is 0.280. The van der Waals surface area contributed by atoms with Gasteiger partial charge in [-0.15, -0.1) is 0 Å². The van der Waals surface area contributed by atoms with Crippen LogP contribution in [0.25, 0.3) is 22.4 Å². The van der Waals surface area contributed by atoms with Crippen molar-refractivity contribution in [1.82, 2.24) is 14.8 Å². The van der Waals surface area contributed by atoms with Gasteiger partial charge in [0.2, 0.25) is 0 Å². The molecule has 1 fully saturated rings. The first-order valence-corrected chi connectivity index (χ1v) is 9.25. The topological polar surface area (TPSA) is 72.5 Å². The van der Waals surface area contributed by atoms with Gasteiger partial charge in [0, 0.05) is 41.9 Å². The van der Waals surface area contributed by atoms with E-state index in [4.69, 9.17) is 9.84 Å². The molecule has 2 aliphatic rings. The molecule has 0 spiro atoms. The van der Waals surface area contributed by atoms with Crippen molar-refractivity contribution in [2.45, 2.75) is 25.3 Å². The molecule has 0 saturated carbocycles. The molecular formula is C21H20N4O2. The van der Waals surface area contributed by atoms with Crippen molar-refractivity contribution in [1.29, 1.82) is 0 Å². The maximum atomic E-state index is 9.17. The van der Waals surface area contributed by atoms with Crippen LogP contribution in [0.2, 0.25) is 0 Å². The number of oxime groups is 1. The zero-order chi connectivity index (χ0) is 18.2. The van der Waals surface area contributed by atoms with Crippen molar-refractivity contribution in [3.8, 4) is 22.4 Å². The largest absolute Gasteiger partial charge is 0.411 e. The minimum Gasteiger partial charge on any atom is -0.411 e. The molecule has 27 heavy (non-hydrogen) atoms. The van der Waals surface area contributed by atoms with E-state index in [0.717, 1.165) is 59.5 Å². The molecule has 1 aliphatic heterocycles. The Morgan fingerprint density at radius 2 is 1.96 bits per heavy atom. The van der Waals surface area contributed by atoms with Crippen molar-refractivity contribution in [2.24, 2.45) is 5.16 Å². The summed E-state index contributed by atoms with van der Waals surface area (Å²) in [6.45, 7) is 1.49. The second kappa shape index (κ2) is 6.63. The van der Waals surface area contributed by atoms with E-state index < -0.39 is 0 Å². The molecule has 0 amide bonds.